The molecule has 1 aliphatic rings. The second kappa shape index (κ2) is 3.89. The van der Waals surface area contributed by atoms with Gasteiger partial charge in [-0.1, -0.05) is 30.3 Å². The first-order chi connectivity index (χ1) is 6.64. The lowest BCUT2D eigenvalue weighted by molar-refractivity contribution is 0.583. The van der Waals surface area contributed by atoms with E-state index in [0.29, 0.717) is 6.16 Å². The molecule has 76 valence electrons. The van der Waals surface area contributed by atoms with Crippen molar-refractivity contribution < 1.29 is 4.57 Å². The Morgan fingerprint density at radius 3 is 2.36 bits per heavy atom. The molecule has 0 aromatic heterocycles. The lowest BCUT2D eigenvalue weighted by Gasteiger charge is -2.16. The molecule has 4 heteroatoms. The van der Waals surface area contributed by atoms with Gasteiger partial charge < -0.3 is 4.57 Å². The fraction of sp³-hybridized carbons (Fsp3) is 0.400. The monoisotopic (exact) mass is 248 g/mol. The predicted octanol–water partition coefficient (Wildman–Crippen LogP) is 3.25. The van der Waals surface area contributed by atoms with Crippen molar-refractivity contribution in [1.29, 1.82) is 0 Å². The summed E-state index contributed by atoms with van der Waals surface area (Å²) in [4.78, 5) is 0. The number of benzene rings is 1. The summed E-state index contributed by atoms with van der Waals surface area (Å²) in [7, 11) is -2.44. The zero-order chi connectivity index (χ0) is 10.2. The molecule has 0 aliphatic carbocycles. The van der Waals surface area contributed by atoms with Crippen LogP contribution in [0.4, 0.5) is 0 Å². The Kier molecular flexibility index (Phi) is 2.93. The summed E-state index contributed by atoms with van der Waals surface area (Å²) in [5.74, 6) is 0. The Balaban J connectivity index is 2.39. The van der Waals surface area contributed by atoms with E-state index in [2.05, 4.69) is 0 Å². The summed E-state index contributed by atoms with van der Waals surface area (Å²) < 4.78 is 12.5. The van der Waals surface area contributed by atoms with Crippen LogP contribution in [0.1, 0.15) is 6.42 Å². The molecule has 1 saturated heterocycles. The predicted molar refractivity (Wildman–Crippen MR) is 62.4 cm³/mol. The van der Waals surface area contributed by atoms with Crippen LogP contribution in [-0.2, 0) is 4.57 Å². The molecule has 0 saturated carbocycles. The topological polar surface area (TPSA) is 17.1 Å². The van der Waals surface area contributed by atoms with Gasteiger partial charge in [-0.2, -0.15) is 0 Å². The molecule has 14 heavy (non-hydrogen) atoms. The van der Waals surface area contributed by atoms with E-state index in [1.165, 1.54) is 0 Å². The van der Waals surface area contributed by atoms with Gasteiger partial charge in [0.2, 0.25) is 0 Å². The number of rotatable bonds is 1. The highest BCUT2D eigenvalue weighted by atomic mass is 35.5. The van der Waals surface area contributed by atoms with Gasteiger partial charge in [0.05, 0.1) is 5.38 Å². The molecule has 1 aromatic carbocycles. The smallest absolute Gasteiger partial charge is 0.134 e. The number of halogens is 2. The molecule has 1 aliphatic heterocycles. The van der Waals surface area contributed by atoms with E-state index < -0.39 is 12.3 Å². The molecule has 0 N–H and O–H groups in total. The number of hydrogen-bond acceptors (Lipinski definition) is 1. The lowest BCUT2D eigenvalue weighted by atomic mass is 10.4. The minimum atomic E-state index is -2.44. The summed E-state index contributed by atoms with van der Waals surface area (Å²) in [6.07, 6.45) is 1.39. The Bertz CT molecular complexity index is 366. The summed E-state index contributed by atoms with van der Waals surface area (Å²) in [6.45, 7) is 0. The largest absolute Gasteiger partial charge is 0.317 e. The van der Waals surface area contributed by atoms with Crippen LogP contribution in [0.2, 0.25) is 0 Å². The first-order valence-corrected chi connectivity index (χ1v) is 7.40. The van der Waals surface area contributed by atoms with Crippen molar-refractivity contribution >= 4 is 35.6 Å². The Labute approximate surface area is 93.8 Å². The summed E-state index contributed by atoms with van der Waals surface area (Å²) >= 11 is 12.1. The zero-order valence-electron chi connectivity index (χ0n) is 7.57. The third-order valence-corrected chi connectivity index (χ3v) is 7.90. The average molecular weight is 249 g/mol. The number of alkyl halides is 2. The summed E-state index contributed by atoms with van der Waals surface area (Å²) in [5, 5.41) is 0.317. The van der Waals surface area contributed by atoms with Crippen molar-refractivity contribution in [3.63, 3.8) is 0 Å². The normalized spacial score (nSPS) is 37.3. The Morgan fingerprint density at radius 1 is 1.21 bits per heavy atom. The van der Waals surface area contributed by atoms with Crippen molar-refractivity contribution in [3.05, 3.63) is 30.3 Å². The van der Waals surface area contributed by atoms with Crippen LogP contribution in [0.25, 0.3) is 0 Å². The van der Waals surface area contributed by atoms with Crippen molar-refractivity contribution in [2.45, 2.75) is 16.9 Å². The van der Waals surface area contributed by atoms with Gasteiger partial charge >= 0.3 is 0 Å². The molecule has 3 atom stereocenters. The van der Waals surface area contributed by atoms with E-state index in [4.69, 9.17) is 23.2 Å². The first-order valence-electron chi connectivity index (χ1n) is 4.57. The molecular weight excluding hydrogens is 238 g/mol. The minimum Gasteiger partial charge on any atom is -0.317 e. The molecule has 2 rings (SSSR count). The van der Waals surface area contributed by atoms with Gasteiger partial charge in [0.1, 0.15) is 12.3 Å². The van der Waals surface area contributed by atoms with Crippen LogP contribution in [0, 0.1) is 0 Å². The highest BCUT2D eigenvalue weighted by molar-refractivity contribution is 7.74. The van der Waals surface area contributed by atoms with Gasteiger partial charge in [-0.05, 0) is 6.42 Å². The summed E-state index contributed by atoms with van der Waals surface area (Å²) in [6, 6.07) is 9.45. The van der Waals surface area contributed by atoms with Crippen LogP contribution in [0.5, 0.6) is 0 Å². The number of hydrogen-bond donors (Lipinski definition) is 0. The second-order valence-corrected chi connectivity index (χ2v) is 7.98. The standard InChI is InChI=1S/C10H11Cl2OP/c11-9-6-7-14(13,10(9)12)8-4-2-1-3-5-8/h1-5,9-10H,6-7H2. The van der Waals surface area contributed by atoms with Gasteiger partial charge in [-0.15, -0.1) is 23.2 Å². The van der Waals surface area contributed by atoms with Crippen molar-refractivity contribution in [2.24, 2.45) is 0 Å². The van der Waals surface area contributed by atoms with Crippen molar-refractivity contribution in [3.8, 4) is 0 Å². The first kappa shape index (κ1) is 10.5. The third-order valence-electron chi connectivity index (χ3n) is 2.63. The Hall–Kier alpha value is 0.0300. The maximum Gasteiger partial charge on any atom is 0.134 e. The maximum atomic E-state index is 12.5. The van der Waals surface area contributed by atoms with Crippen LogP contribution in [0.3, 0.4) is 0 Å². The van der Waals surface area contributed by atoms with Crippen LogP contribution in [-0.4, -0.2) is 16.7 Å². The van der Waals surface area contributed by atoms with Crippen molar-refractivity contribution in [2.75, 3.05) is 6.16 Å². The highest BCUT2D eigenvalue weighted by Gasteiger charge is 2.43. The Morgan fingerprint density at radius 2 is 1.86 bits per heavy atom. The molecule has 3 unspecified atom stereocenters. The van der Waals surface area contributed by atoms with Crippen molar-refractivity contribution in [1.82, 2.24) is 0 Å². The lowest BCUT2D eigenvalue weighted by Crippen LogP contribution is -2.13. The van der Waals surface area contributed by atoms with E-state index in [-0.39, 0.29) is 5.38 Å². The molecule has 1 nitrogen and oxygen atoms in total. The van der Waals surface area contributed by atoms with Crippen LogP contribution in [0.15, 0.2) is 30.3 Å². The molecule has 0 amide bonds. The van der Waals surface area contributed by atoms with E-state index >= 15 is 0 Å². The van der Waals surface area contributed by atoms with Gasteiger partial charge in [0.15, 0.2) is 0 Å². The second-order valence-electron chi connectivity index (χ2n) is 3.53. The quantitative estimate of drug-likeness (QED) is 0.551. The van der Waals surface area contributed by atoms with Gasteiger partial charge in [0.25, 0.3) is 0 Å². The molecule has 1 fully saturated rings. The molecule has 0 spiro atoms. The molecule has 0 bridgehead atoms. The van der Waals surface area contributed by atoms with Crippen LogP contribution < -0.4 is 5.30 Å². The zero-order valence-corrected chi connectivity index (χ0v) is 9.97. The summed E-state index contributed by atoms with van der Waals surface area (Å²) in [5.41, 5.74) is 0. The van der Waals surface area contributed by atoms with E-state index in [1.54, 1.807) is 0 Å². The molecule has 1 aromatic rings. The van der Waals surface area contributed by atoms with Gasteiger partial charge in [0, 0.05) is 11.5 Å². The fourth-order valence-electron chi connectivity index (χ4n) is 1.79. The molecule has 1 heterocycles. The van der Waals surface area contributed by atoms with Crippen LogP contribution >= 0.6 is 30.3 Å². The average Bonchev–Trinajstić information content (AvgIpc) is 2.49. The molecule has 0 radical (unpaired) electrons. The van der Waals surface area contributed by atoms with E-state index in [1.807, 2.05) is 30.3 Å². The maximum absolute atomic E-state index is 12.5. The highest BCUT2D eigenvalue weighted by Crippen LogP contribution is 2.59. The minimum absolute atomic E-state index is 0.150. The van der Waals surface area contributed by atoms with E-state index in [9.17, 15) is 4.57 Å². The third kappa shape index (κ3) is 1.62. The van der Waals surface area contributed by atoms with Gasteiger partial charge in [-0.3, -0.25) is 0 Å². The SMILES string of the molecule is O=P1(c2ccccc2)CCC(Cl)C1Cl. The molecular formula is C10H11Cl2OP. The van der Waals surface area contributed by atoms with Gasteiger partial charge in [-0.25, -0.2) is 0 Å². The fourth-order valence-corrected chi connectivity index (χ4v) is 6.15. The van der Waals surface area contributed by atoms with E-state index in [0.717, 1.165) is 11.7 Å².